The molecule has 110 valence electrons. The van der Waals surface area contributed by atoms with E-state index < -0.39 is 0 Å². The minimum atomic E-state index is 0.302. The molecule has 1 atom stereocenters. The summed E-state index contributed by atoms with van der Waals surface area (Å²) in [6, 6.07) is 8.27. The van der Waals surface area contributed by atoms with E-state index in [1.807, 2.05) is 24.3 Å². The van der Waals surface area contributed by atoms with Crippen LogP contribution in [0, 0.1) is 0 Å². The summed E-state index contributed by atoms with van der Waals surface area (Å²) in [4.78, 5) is 15.5. The van der Waals surface area contributed by atoms with Gasteiger partial charge in [-0.25, -0.2) is 0 Å². The quantitative estimate of drug-likeness (QED) is 0.740. The predicted molar refractivity (Wildman–Crippen MR) is 86.4 cm³/mol. The third kappa shape index (κ3) is 4.16. The first-order chi connectivity index (χ1) is 9.72. The highest BCUT2D eigenvalue weighted by atomic mass is 35.5. The number of hydrogen-bond acceptors (Lipinski definition) is 2. The first-order valence-electron chi connectivity index (χ1n) is 7.39. The average Bonchev–Trinajstić information content (AvgIpc) is 2.49. The number of thioether (sulfide) groups is 1. The Bertz CT molecular complexity index is 452. The number of piperidine rings is 1. The largest absolute Gasteiger partial charge is 0.340 e. The number of amides is 1. The SMILES string of the molecule is CCC1CCCCN1C(=O)CCSc1ccccc1Cl. The third-order valence-corrected chi connectivity index (χ3v) is 5.35. The molecule has 1 unspecified atom stereocenters. The van der Waals surface area contributed by atoms with Crippen molar-refractivity contribution in [2.75, 3.05) is 12.3 Å². The lowest BCUT2D eigenvalue weighted by Gasteiger charge is -2.35. The molecule has 20 heavy (non-hydrogen) atoms. The van der Waals surface area contributed by atoms with Gasteiger partial charge in [-0.2, -0.15) is 0 Å². The van der Waals surface area contributed by atoms with Crippen LogP contribution >= 0.6 is 23.4 Å². The normalized spacial score (nSPS) is 19.1. The van der Waals surface area contributed by atoms with Crippen molar-refractivity contribution < 1.29 is 4.79 Å². The fourth-order valence-electron chi connectivity index (χ4n) is 2.71. The van der Waals surface area contributed by atoms with E-state index in [1.54, 1.807) is 11.8 Å². The number of rotatable bonds is 5. The molecular weight excluding hydrogens is 290 g/mol. The lowest BCUT2D eigenvalue weighted by molar-refractivity contribution is -0.134. The average molecular weight is 312 g/mol. The van der Waals surface area contributed by atoms with Crippen LogP contribution in [0.5, 0.6) is 0 Å². The molecule has 0 bridgehead atoms. The number of benzene rings is 1. The van der Waals surface area contributed by atoms with Crippen LogP contribution in [-0.4, -0.2) is 29.1 Å². The van der Waals surface area contributed by atoms with Gasteiger partial charge in [0.15, 0.2) is 0 Å². The van der Waals surface area contributed by atoms with Crippen LogP contribution in [0.1, 0.15) is 39.0 Å². The van der Waals surface area contributed by atoms with E-state index in [0.717, 1.165) is 35.1 Å². The number of carbonyl (C=O) groups excluding carboxylic acids is 1. The molecule has 1 saturated heterocycles. The van der Waals surface area contributed by atoms with Crippen LogP contribution in [0.3, 0.4) is 0 Å². The third-order valence-electron chi connectivity index (χ3n) is 3.83. The van der Waals surface area contributed by atoms with Gasteiger partial charge in [0.1, 0.15) is 0 Å². The van der Waals surface area contributed by atoms with Gasteiger partial charge in [0.2, 0.25) is 5.91 Å². The Morgan fingerprint density at radius 3 is 2.95 bits per heavy atom. The molecule has 1 heterocycles. The molecule has 1 aromatic rings. The van der Waals surface area contributed by atoms with Gasteiger partial charge in [0.25, 0.3) is 0 Å². The molecule has 1 fully saturated rings. The van der Waals surface area contributed by atoms with Gasteiger partial charge in [-0.1, -0.05) is 30.7 Å². The molecule has 2 nitrogen and oxygen atoms in total. The summed E-state index contributed by atoms with van der Waals surface area (Å²) in [5, 5.41) is 0.773. The van der Waals surface area contributed by atoms with Crippen molar-refractivity contribution in [2.45, 2.75) is 50.0 Å². The molecule has 0 spiro atoms. The maximum Gasteiger partial charge on any atom is 0.223 e. The molecule has 0 N–H and O–H groups in total. The molecule has 0 radical (unpaired) electrons. The van der Waals surface area contributed by atoms with E-state index in [-0.39, 0.29) is 0 Å². The Kier molecular flexibility index (Phi) is 6.24. The molecule has 2 rings (SSSR count). The van der Waals surface area contributed by atoms with Crippen molar-refractivity contribution in [1.29, 1.82) is 0 Å². The molecule has 1 aliphatic rings. The number of likely N-dealkylation sites (tertiary alicyclic amines) is 1. The zero-order valence-electron chi connectivity index (χ0n) is 12.0. The number of hydrogen-bond donors (Lipinski definition) is 0. The monoisotopic (exact) mass is 311 g/mol. The van der Waals surface area contributed by atoms with Crippen LogP contribution in [0.2, 0.25) is 5.02 Å². The summed E-state index contributed by atoms with van der Waals surface area (Å²) in [5.74, 6) is 1.10. The number of carbonyl (C=O) groups is 1. The van der Waals surface area contributed by atoms with E-state index in [2.05, 4.69) is 11.8 Å². The summed E-state index contributed by atoms with van der Waals surface area (Å²) in [6.07, 6.45) is 5.26. The Hall–Kier alpha value is -0.670. The standard InChI is InChI=1S/C16H22ClNOS/c1-2-13-7-5-6-11-18(13)16(19)10-12-20-15-9-4-3-8-14(15)17/h3-4,8-9,13H,2,5-7,10-12H2,1H3. The molecule has 1 amide bonds. The first kappa shape index (κ1) is 15.7. The topological polar surface area (TPSA) is 20.3 Å². The number of halogens is 1. The van der Waals surface area contributed by atoms with Crippen molar-refractivity contribution in [3.63, 3.8) is 0 Å². The van der Waals surface area contributed by atoms with E-state index in [0.29, 0.717) is 18.4 Å². The molecule has 0 aromatic heterocycles. The molecule has 1 aliphatic heterocycles. The summed E-state index contributed by atoms with van der Waals surface area (Å²) in [7, 11) is 0. The first-order valence-corrected chi connectivity index (χ1v) is 8.75. The number of nitrogens with zero attached hydrogens (tertiary/aromatic N) is 1. The minimum absolute atomic E-state index is 0.302. The van der Waals surface area contributed by atoms with Crippen molar-refractivity contribution in [1.82, 2.24) is 4.90 Å². The smallest absolute Gasteiger partial charge is 0.223 e. The lowest BCUT2D eigenvalue weighted by Crippen LogP contribution is -2.43. The van der Waals surface area contributed by atoms with Crippen LogP contribution in [0.25, 0.3) is 0 Å². The van der Waals surface area contributed by atoms with E-state index in [9.17, 15) is 4.79 Å². The molecule has 4 heteroatoms. The van der Waals surface area contributed by atoms with Gasteiger partial charge in [0.05, 0.1) is 5.02 Å². The zero-order valence-corrected chi connectivity index (χ0v) is 13.6. The Morgan fingerprint density at radius 2 is 2.20 bits per heavy atom. The highest BCUT2D eigenvalue weighted by Gasteiger charge is 2.24. The Morgan fingerprint density at radius 1 is 1.40 bits per heavy atom. The molecular formula is C16H22ClNOS. The highest BCUT2D eigenvalue weighted by molar-refractivity contribution is 7.99. The van der Waals surface area contributed by atoms with Crippen molar-refractivity contribution in [2.24, 2.45) is 0 Å². The van der Waals surface area contributed by atoms with Crippen LogP contribution in [0.4, 0.5) is 0 Å². The second-order valence-corrected chi connectivity index (χ2v) is 6.72. The summed E-state index contributed by atoms with van der Waals surface area (Å²) in [5.41, 5.74) is 0. The lowest BCUT2D eigenvalue weighted by atomic mass is 10.00. The fourth-order valence-corrected chi connectivity index (χ4v) is 3.88. The Balaban J connectivity index is 1.81. The second kappa shape index (κ2) is 7.94. The van der Waals surface area contributed by atoms with Crippen molar-refractivity contribution in [3.05, 3.63) is 29.3 Å². The summed E-state index contributed by atoms with van der Waals surface area (Å²) in [6.45, 7) is 3.11. The Labute approximate surface area is 130 Å². The van der Waals surface area contributed by atoms with Crippen LogP contribution < -0.4 is 0 Å². The van der Waals surface area contributed by atoms with Gasteiger partial charge >= 0.3 is 0 Å². The van der Waals surface area contributed by atoms with Crippen molar-refractivity contribution in [3.8, 4) is 0 Å². The van der Waals surface area contributed by atoms with Gasteiger partial charge in [-0.05, 0) is 37.8 Å². The fraction of sp³-hybridized carbons (Fsp3) is 0.562. The highest BCUT2D eigenvalue weighted by Crippen LogP contribution is 2.27. The van der Waals surface area contributed by atoms with E-state index >= 15 is 0 Å². The molecule has 0 saturated carbocycles. The summed E-state index contributed by atoms with van der Waals surface area (Å²) < 4.78 is 0. The van der Waals surface area contributed by atoms with Gasteiger partial charge in [0, 0.05) is 29.7 Å². The minimum Gasteiger partial charge on any atom is -0.340 e. The zero-order chi connectivity index (χ0) is 14.4. The molecule has 0 aliphatic carbocycles. The maximum absolute atomic E-state index is 12.3. The van der Waals surface area contributed by atoms with Crippen molar-refractivity contribution >= 4 is 29.3 Å². The van der Waals surface area contributed by atoms with Crippen LogP contribution in [-0.2, 0) is 4.79 Å². The van der Waals surface area contributed by atoms with Gasteiger partial charge in [-0.15, -0.1) is 11.8 Å². The summed E-state index contributed by atoms with van der Waals surface area (Å²) >= 11 is 7.79. The second-order valence-electron chi connectivity index (χ2n) is 5.17. The van der Waals surface area contributed by atoms with E-state index in [4.69, 9.17) is 11.6 Å². The predicted octanol–water partition coefficient (Wildman–Crippen LogP) is 4.61. The molecule has 1 aromatic carbocycles. The van der Waals surface area contributed by atoms with Gasteiger partial charge in [-0.3, -0.25) is 4.79 Å². The van der Waals surface area contributed by atoms with Crippen LogP contribution in [0.15, 0.2) is 29.2 Å². The van der Waals surface area contributed by atoms with E-state index in [1.165, 1.54) is 12.8 Å². The van der Waals surface area contributed by atoms with Gasteiger partial charge < -0.3 is 4.90 Å². The maximum atomic E-state index is 12.3.